The molecule has 1 heterocycles. The van der Waals surface area contributed by atoms with E-state index in [0.717, 1.165) is 17.1 Å². The third-order valence-electron chi connectivity index (χ3n) is 2.94. The Morgan fingerprint density at radius 2 is 2.00 bits per heavy atom. The minimum Gasteiger partial charge on any atom is -0.299 e. The molecular weight excluding hydrogens is 206 g/mol. The Labute approximate surface area is 97.0 Å². The summed E-state index contributed by atoms with van der Waals surface area (Å²) in [5, 5.41) is 0.885. The Kier molecular flexibility index (Phi) is 3.66. The zero-order chi connectivity index (χ0) is 10.7. The summed E-state index contributed by atoms with van der Waals surface area (Å²) in [7, 11) is 0. The van der Waals surface area contributed by atoms with Gasteiger partial charge in [-0.25, -0.2) is 0 Å². The van der Waals surface area contributed by atoms with Crippen LogP contribution in [0.2, 0.25) is 5.02 Å². The third kappa shape index (κ3) is 2.96. The number of benzene rings is 1. The van der Waals surface area contributed by atoms with E-state index in [0.29, 0.717) is 0 Å². The van der Waals surface area contributed by atoms with Crippen LogP contribution < -0.4 is 0 Å². The van der Waals surface area contributed by atoms with Crippen molar-refractivity contribution in [1.82, 2.24) is 4.90 Å². The van der Waals surface area contributed by atoms with Crippen LogP contribution in [0.5, 0.6) is 0 Å². The first-order chi connectivity index (χ1) is 7.25. The van der Waals surface area contributed by atoms with Gasteiger partial charge in [-0.05, 0) is 56.5 Å². The second-order valence-electron chi connectivity index (χ2n) is 4.23. The van der Waals surface area contributed by atoms with E-state index in [-0.39, 0.29) is 0 Å². The fraction of sp³-hybridized carbons (Fsp3) is 0.462. The van der Waals surface area contributed by atoms with E-state index >= 15 is 0 Å². The Morgan fingerprint density at radius 3 is 2.67 bits per heavy atom. The Morgan fingerprint density at radius 1 is 1.27 bits per heavy atom. The first kappa shape index (κ1) is 11.0. The summed E-state index contributed by atoms with van der Waals surface area (Å²) in [6.07, 6.45) is 4.82. The topological polar surface area (TPSA) is 3.24 Å². The lowest BCUT2D eigenvalue weighted by Gasteiger charge is -2.26. The fourth-order valence-electron chi connectivity index (χ4n) is 1.95. The summed E-state index contributed by atoms with van der Waals surface area (Å²) < 4.78 is 0. The second kappa shape index (κ2) is 5.00. The number of likely N-dealkylation sites (tertiary alicyclic amines) is 1. The van der Waals surface area contributed by atoms with E-state index in [2.05, 4.69) is 29.5 Å². The van der Waals surface area contributed by atoms with Gasteiger partial charge in [0.25, 0.3) is 0 Å². The van der Waals surface area contributed by atoms with Crippen LogP contribution in [0.4, 0.5) is 0 Å². The zero-order valence-corrected chi connectivity index (χ0v) is 9.93. The van der Waals surface area contributed by atoms with Crippen LogP contribution in [0, 0.1) is 13.3 Å². The van der Waals surface area contributed by atoms with Crippen molar-refractivity contribution in [3.8, 4) is 0 Å². The first-order valence-corrected chi connectivity index (χ1v) is 5.92. The highest BCUT2D eigenvalue weighted by molar-refractivity contribution is 6.31. The standard InChI is InChI=1S/C13H17ClN/c1-11-5-6-12(9-13(11)14)10-15-7-3-2-4-8-15/h2,5-6,9H,3-4,7-8,10H2,1H3. The van der Waals surface area contributed by atoms with E-state index in [1.807, 2.05) is 6.92 Å². The quantitative estimate of drug-likeness (QED) is 0.741. The minimum absolute atomic E-state index is 0.885. The molecule has 0 spiro atoms. The smallest absolute Gasteiger partial charge is 0.0438 e. The number of nitrogens with zero attached hydrogens (tertiary/aromatic N) is 1. The summed E-state index contributed by atoms with van der Waals surface area (Å²) in [6, 6.07) is 6.38. The Hall–Kier alpha value is -0.530. The van der Waals surface area contributed by atoms with Gasteiger partial charge in [0.2, 0.25) is 0 Å². The van der Waals surface area contributed by atoms with Crippen molar-refractivity contribution in [2.75, 3.05) is 13.1 Å². The molecule has 2 heteroatoms. The maximum Gasteiger partial charge on any atom is 0.0438 e. The number of hydrogen-bond acceptors (Lipinski definition) is 1. The molecule has 0 N–H and O–H groups in total. The highest BCUT2D eigenvalue weighted by atomic mass is 35.5. The zero-order valence-electron chi connectivity index (χ0n) is 9.17. The molecule has 81 valence electrons. The molecule has 2 rings (SSSR count). The third-order valence-corrected chi connectivity index (χ3v) is 3.35. The Bertz CT molecular complexity index is 329. The van der Waals surface area contributed by atoms with Gasteiger partial charge < -0.3 is 0 Å². The molecule has 1 saturated heterocycles. The molecule has 0 unspecified atom stereocenters. The van der Waals surface area contributed by atoms with Gasteiger partial charge in [0.1, 0.15) is 0 Å². The van der Waals surface area contributed by atoms with Crippen molar-refractivity contribution < 1.29 is 0 Å². The van der Waals surface area contributed by atoms with E-state index in [9.17, 15) is 0 Å². The average Bonchev–Trinajstić information content (AvgIpc) is 2.25. The molecule has 0 bridgehead atoms. The van der Waals surface area contributed by atoms with Gasteiger partial charge in [-0.15, -0.1) is 0 Å². The van der Waals surface area contributed by atoms with Crippen LogP contribution in [0.15, 0.2) is 18.2 Å². The molecule has 1 aliphatic heterocycles. The largest absolute Gasteiger partial charge is 0.299 e. The molecule has 0 atom stereocenters. The fourth-order valence-corrected chi connectivity index (χ4v) is 2.16. The Balaban J connectivity index is 2.00. The molecule has 0 saturated carbocycles. The maximum absolute atomic E-state index is 6.11. The van der Waals surface area contributed by atoms with Crippen LogP contribution in [0.25, 0.3) is 0 Å². The maximum atomic E-state index is 6.11. The monoisotopic (exact) mass is 222 g/mol. The summed E-state index contributed by atoms with van der Waals surface area (Å²) >= 11 is 6.11. The van der Waals surface area contributed by atoms with Crippen molar-refractivity contribution in [3.05, 3.63) is 40.8 Å². The molecular formula is C13H17ClN. The lowest BCUT2D eigenvalue weighted by molar-refractivity contribution is 0.246. The summed E-state index contributed by atoms with van der Waals surface area (Å²) in [5.74, 6) is 0. The highest BCUT2D eigenvalue weighted by Crippen LogP contribution is 2.19. The van der Waals surface area contributed by atoms with Gasteiger partial charge in [-0.1, -0.05) is 23.7 Å². The van der Waals surface area contributed by atoms with Crippen molar-refractivity contribution in [2.24, 2.45) is 0 Å². The first-order valence-electron chi connectivity index (χ1n) is 5.55. The van der Waals surface area contributed by atoms with Crippen LogP contribution in [0.1, 0.15) is 24.0 Å². The number of piperidine rings is 1. The summed E-state index contributed by atoms with van der Waals surface area (Å²) in [6.45, 7) is 5.45. The molecule has 0 aromatic heterocycles. The van der Waals surface area contributed by atoms with Gasteiger partial charge in [0, 0.05) is 11.6 Å². The average molecular weight is 223 g/mol. The van der Waals surface area contributed by atoms with Crippen molar-refractivity contribution in [1.29, 1.82) is 0 Å². The van der Waals surface area contributed by atoms with Gasteiger partial charge in [0.05, 0.1) is 0 Å². The molecule has 1 radical (unpaired) electrons. The summed E-state index contributed by atoms with van der Waals surface area (Å²) in [5.41, 5.74) is 2.49. The van der Waals surface area contributed by atoms with Gasteiger partial charge in [-0.3, -0.25) is 4.90 Å². The molecule has 1 fully saturated rings. The van der Waals surface area contributed by atoms with Crippen molar-refractivity contribution >= 4 is 11.6 Å². The molecule has 1 aromatic carbocycles. The molecule has 0 aliphatic carbocycles. The van der Waals surface area contributed by atoms with Crippen LogP contribution in [-0.4, -0.2) is 18.0 Å². The van der Waals surface area contributed by atoms with Crippen LogP contribution in [0.3, 0.4) is 0 Å². The van der Waals surface area contributed by atoms with Crippen LogP contribution in [-0.2, 0) is 6.54 Å². The van der Waals surface area contributed by atoms with Gasteiger partial charge in [0.15, 0.2) is 0 Å². The lowest BCUT2D eigenvalue weighted by atomic mass is 10.1. The van der Waals surface area contributed by atoms with Gasteiger partial charge >= 0.3 is 0 Å². The number of rotatable bonds is 2. The second-order valence-corrected chi connectivity index (χ2v) is 4.63. The normalized spacial score (nSPS) is 18.0. The molecule has 1 aliphatic rings. The van der Waals surface area contributed by atoms with E-state index in [1.54, 1.807) is 0 Å². The SMILES string of the molecule is Cc1ccc(CN2CC[CH]CC2)cc1Cl. The van der Waals surface area contributed by atoms with Crippen molar-refractivity contribution in [2.45, 2.75) is 26.3 Å². The minimum atomic E-state index is 0.885. The summed E-state index contributed by atoms with van der Waals surface area (Å²) in [4.78, 5) is 2.49. The van der Waals surface area contributed by atoms with E-state index in [1.165, 1.54) is 31.5 Å². The lowest BCUT2D eigenvalue weighted by Crippen LogP contribution is -2.29. The number of aryl methyl sites for hydroxylation is 1. The molecule has 1 aromatic rings. The van der Waals surface area contributed by atoms with Crippen LogP contribution >= 0.6 is 11.6 Å². The number of halogens is 1. The van der Waals surface area contributed by atoms with E-state index < -0.39 is 0 Å². The molecule has 0 amide bonds. The molecule has 15 heavy (non-hydrogen) atoms. The number of hydrogen-bond donors (Lipinski definition) is 0. The predicted octanol–water partition coefficient (Wildman–Crippen LogP) is 3.45. The molecule has 1 nitrogen and oxygen atoms in total. The predicted molar refractivity (Wildman–Crippen MR) is 65.0 cm³/mol. The van der Waals surface area contributed by atoms with Gasteiger partial charge in [-0.2, -0.15) is 0 Å². The van der Waals surface area contributed by atoms with Crippen molar-refractivity contribution in [3.63, 3.8) is 0 Å². The highest BCUT2D eigenvalue weighted by Gasteiger charge is 2.10. The van der Waals surface area contributed by atoms with E-state index in [4.69, 9.17) is 11.6 Å².